The van der Waals surface area contributed by atoms with Gasteiger partial charge in [0.2, 0.25) is 0 Å². The summed E-state index contributed by atoms with van der Waals surface area (Å²) in [5, 5.41) is 10.3. The number of hydrogen-bond donors (Lipinski definition) is 1. The number of para-hydroxylation sites is 1. The second-order valence-corrected chi connectivity index (χ2v) is 6.62. The van der Waals surface area contributed by atoms with Gasteiger partial charge in [0.25, 0.3) is 0 Å². The van der Waals surface area contributed by atoms with Crippen LogP contribution < -0.4 is 4.90 Å². The number of piperidine rings is 1. The summed E-state index contributed by atoms with van der Waals surface area (Å²) in [6, 6.07) is 9.13. The molecule has 0 aromatic heterocycles. The summed E-state index contributed by atoms with van der Waals surface area (Å²) in [4.78, 5) is 5.02. The van der Waals surface area contributed by atoms with Crippen molar-refractivity contribution in [1.82, 2.24) is 4.90 Å². The summed E-state index contributed by atoms with van der Waals surface area (Å²) in [5.74, 6) is 0. The molecule has 1 aromatic rings. The number of benzene rings is 1. The molecule has 2 unspecified atom stereocenters. The van der Waals surface area contributed by atoms with Crippen molar-refractivity contribution in [2.75, 3.05) is 31.6 Å². The number of aliphatic hydroxyl groups excluding tert-OH is 1. The van der Waals surface area contributed by atoms with Crippen molar-refractivity contribution < 1.29 is 5.11 Å². The number of likely N-dealkylation sites (tertiary alicyclic amines) is 1. The zero-order chi connectivity index (χ0) is 14.7. The minimum absolute atomic E-state index is 0.288. The number of aliphatic hydroxyl groups is 1. The van der Waals surface area contributed by atoms with Crippen molar-refractivity contribution in [3.8, 4) is 0 Å². The lowest BCUT2D eigenvalue weighted by Crippen LogP contribution is -2.39. The molecular formula is C18H28N2O. The van der Waals surface area contributed by atoms with Gasteiger partial charge in [-0.05, 0) is 51.8 Å². The molecule has 116 valence electrons. The zero-order valence-electron chi connectivity index (χ0n) is 13.2. The third-order valence-corrected chi connectivity index (χ3v) is 5.20. The molecule has 1 aromatic carbocycles. The fraction of sp³-hybridized carbons (Fsp3) is 0.667. The van der Waals surface area contributed by atoms with Gasteiger partial charge in [-0.25, -0.2) is 0 Å². The monoisotopic (exact) mass is 288 g/mol. The quantitative estimate of drug-likeness (QED) is 0.925. The van der Waals surface area contributed by atoms with E-state index in [1.807, 2.05) is 6.07 Å². The number of anilines is 1. The summed E-state index contributed by atoms with van der Waals surface area (Å²) in [6.45, 7) is 3.43. The molecule has 2 aliphatic rings. The molecule has 1 N–H and O–H groups in total. The number of hydrogen-bond acceptors (Lipinski definition) is 3. The minimum Gasteiger partial charge on any atom is -0.388 e. The molecule has 0 radical (unpaired) electrons. The fourth-order valence-electron chi connectivity index (χ4n) is 3.85. The predicted molar refractivity (Wildman–Crippen MR) is 87.7 cm³/mol. The van der Waals surface area contributed by atoms with Crippen LogP contribution in [0, 0.1) is 0 Å². The van der Waals surface area contributed by atoms with Crippen LogP contribution in [0.1, 0.15) is 50.2 Å². The third kappa shape index (κ3) is 3.41. The van der Waals surface area contributed by atoms with Crippen LogP contribution in [0.2, 0.25) is 0 Å². The van der Waals surface area contributed by atoms with E-state index in [4.69, 9.17) is 0 Å². The molecule has 0 spiro atoms. The van der Waals surface area contributed by atoms with E-state index < -0.39 is 0 Å². The van der Waals surface area contributed by atoms with Crippen LogP contribution in [0.15, 0.2) is 24.3 Å². The van der Waals surface area contributed by atoms with Crippen LogP contribution in [0.5, 0.6) is 0 Å². The molecule has 0 amide bonds. The Labute approximate surface area is 128 Å². The van der Waals surface area contributed by atoms with Crippen LogP contribution in [0.25, 0.3) is 0 Å². The SMILES string of the molecule is CN1CCCCC1CCN1CCCC(O)c2ccccc21. The first-order valence-corrected chi connectivity index (χ1v) is 8.48. The van der Waals surface area contributed by atoms with Gasteiger partial charge in [0.15, 0.2) is 0 Å². The lowest BCUT2D eigenvalue weighted by atomic mass is 9.99. The lowest BCUT2D eigenvalue weighted by Gasteiger charge is -2.34. The maximum Gasteiger partial charge on any atom is 0.0810 e. The summed E-state index contributed by atoms with van der Waals surface area (Å²) >= 11 is 0. The molecule has 2 atom stereocenters. The standard InChI is InChI=1S/C18H28N2O/c1-19-12-5-4-7-15(19)11-14-20-13-6-10-18(21)16-8-2-3-9-17(16)20/h2-3,8-9,15,18,21H,4-7,10-14H2,1H3. The Morgan fingerprint density at radius 2 is 1.95 bits per heavy atom. The first-order chi connectivity index (χ1) is 10.3. The first-order valence-electron chi connectivity index (χ1n) is 8.48. The molecule has 1 fully saturated rings. The molecule has 1 saturated heterocycles. The van der Waals surface area contributed by atoms with E-state index in [0.717, 1.165) is 37.5 Å². The van der Waals surface area contributed by atoms with Gasteiger partial charge in [-0.15, -0.1) is 0 Å². The maximum absolute atomic E-state index is 10.3. The van der Waals surface area contributed by atoms with Crippen LogP contribution >= 0.6 is 0 Å². The normalized spacial score (nSPS) is 27.2. The van der Waals surface area contributed by atoms with Gasteiger partial charge >= 0.3 is 0 Å². The Kier molecular flexibility index (Phi) is 4.81. The summed E-state index contributed by atoms with van der Waals surface area (Å²) in [5.41, 5.74) is 2.37. The Morgan fingerprint density at radius 3 is 2.81 bits per heavy atom. The molecule has 21 heavy (non-hydrogen) atoms. The van der Waals surface area contributed by atoms with Crippen LogP contribution in [-0.2, 0) is 0 Å². The summed E-state index contributed by atoms with van der Waals surface area (Å²) < 4.78 is 0. The molecule has 3 nitrogen and oxygen atoms in total. The average Bonchev–Trinajstić information content (AvgIpc) is 2.67. The second-order valence-electron chi connectivity index (χ2n) is 6.62. The van der Waals surface area contributed by atoms with E-state index in [1.54, 1.807) is 0 Å². The van der Waals surface area contributed by atoms with E-state index in [1.165, 1.54) is 37.9 Å². The Hall–Kier alpha value is -1.06. The van der Waals surface area contributed by atoms with Gasteiger partial charge in [0.05, 0.1) is 6.10 Å². The highest BCUT2D eigenvalue weighted by molar-refractivity contribution is 5.55. The highest BCUT2D eigenvalue weighted by Gasteiger charge is 2.23. The molecule has 2 aliphatic heterocycles. The highest BCUT2D eigenvalue weighted by atomic mass is 16.3. The van der Waals surface area contributed by atoms with Crippen molar-refractivity contribution in [1.29, 1.82) is 0 Å². The first kappa shape index (κ1) is 14.9. The second kappa shape index (κ2) is 6.80. The fourth-order valence-corrected chi connectivity index (χ4v) is 3.85. The van der Waals surface area contributed by atoms with Gasteiger partial charge in [0.1, 0.15) is 0 Å². The predicted octanol–water partition coefficient (Wildman–Crippen LogP) is 3.19. The maximum atomic E-state index is 10.3. The summed E-state index contributed by atoms with van der Waals surface area (Å²) in [7, 11) is 2.27. The van der Waals surface area contributed by atoms with Crippen LogP contribution in [-0.4, -0.2) is 42.7 Å². The van der Waals surface area contributed by atoms with E-state index in [2.05, 4.69) is 35.0 Å². The van der Waals surface area contributed by atoms with Crippen molar-refractivity contribution in [3.05, 3.63) is 29.8 Å². The zero-order valence-corrected chi connectivity index (χ0v) is 13.2. The molecule has 0 saturated carbocycles. The molecule has 2 heterocycles. The number of rotatable bonds is 3. The van der Waals surface area contributed by atoms with Gasteiger partial charge in [-0.1, -0.05) is 24.6 Å². The Bertz CT molecular complexity index is 462. The van der Waals surface area contributed by atoms with Gasteiger partial charge in [-0.3, -0.25) is 0 Å². The van der Waals surface area contributed by atoms with Crippen LogP contribution in [0.3, 0.4) is 0 Å². The Morgan fingerprint density at radius 1 is 1.10 bits per heavy atom. The highest BCUT2D eigenvalue weighted by Crippen LogP contribution is 2.33. The van der Waals surface area contributed by atoms with E-state index in [0.29, 0.717) is 0 Å². The largest absolute Gasteiger partial charge is 0.388 e. The van der Waals surface area contributed by atoms with Crippen molar-refractivity contribution in [3.63, 3.8) is 0 Å². The van der Waals surface area contributed by atoms with Crippen molar-refractivity contribution in [2.24, 2.45) is 0 Å². The van der Waals surface area contributed by atoms with Crippen molar-refractivity contribution >= 4 is 5.69 Å². The molecule has 0 bridgehead atoms. The molecule has 3 heteroatoms. The van der Waals surface area contributed by atoms with E-state index >= 15 is 0 Å². The van der Waals surface area contributed by atoms with Gasteiger partial charge in [-0.2, -0.15) is 0 Å². The smallest absolute Gasteiger partial charge is 0.0810 e. The molecule has 0 aliphatic carbocycles. The molecule has 3 rings (SSSR count). The van der Waals surface area contributed by atoms with E-state index in [-0.39, 0.29) is 6.10 Å². The summed E-state index contributed by atoms with van der Waals surface area (Å²) in [6.07, 6.45) is 6.99. The van der Waals surface area contributed by atoms with Gasteiger partial charge in [0, 0.05) is 30.4 Å². The third-order valence-electron chi connectivity index (χ3n) is 5.20. The topological polar surface area (TPSA) is 26.7 Å². The van der Waals surface area contributed by atoms with E-state index in [9.17, 15) is 5.11 Å². The van der Waals surface area contributed by atoms with Gasteiger partial charge < -0.3 is 14.9 Å². The number of fused-ring (bicyclic) bond motifs is 1. The Balaban J connectivity index is 1.68. The van der Waals surface area contributed by atoms with Crippen molar-refractivity contribution in [2.45, 2.75) is 50.7 Å². The molecular weight excluding hydrogens is 260 g/mol. The average molecular weight is 288 g/mol. The minimum atomic E-state index is -0.288. The number of nitrogens with zero attached hydrogens (tertiary/aromatic N) is 2. The van der Waals surface area contributed by atoms with Crippen LogP contribution in [0.4, 0.5) is 5.69 Å². The lowest BCUT2D eigenvalue weighted by molar-refractivity contribution is 0.168.